The summed E-state index contributed by atoms with van der Waals surface area (Å²) in [6.45, 7) is 4.20. The van der Waals surface area contributed by atoms with Crippen LogP contribution in [0.4, 0.5) is 0 Å². The second-order valence-electron chi connectivity index (χ2n) is 3.96. The molecule has 0 amide bonds. The number of aromatic nitrogens is 2. The van der Waals surface area contributed by atoms with Gasteiger partial charge in [-0.15, -0.1) is 10.2 Å². The zero-order valence-electron chi connectivity index (χ0n) is 9.83. The van der Waals surface area contributed by atoms with Crippen LogP contribution in [0.25, 0.3) is 0 Å². The van der Waals surface area contributed by atoms with E-state index in [1.54, 1.807) is 28.6 Å². The molecule has 90 valence electrons. The Labute approximate surface area is 109 Å². The predicted molar refractivity (Wildman–Crippen MR) is 73.3 cm³/mol. The highest BCUT2D eigenvalue weighted by molar-refractivity contribution is 8.01. The standard InChI is InChI=1S/C12H15N3S2/c1-8-3-5-10(6-4-8)11(13)9(2)17-12-15-14-7-16-12/h3-7,9,11H,13H2,1-2H3. The highest BCUT2D eigenvalue weighted by Crippen LogP contribution is 2.31. The van der Waals surface area contributed by atoms with Crippen molar-refractivity contribution >= 4 is 23.1 Å². The van der Waals surface area contributed by atoms with Crippen LogP contribution in [0.5, 0.6) is 0 Å². The maximum Gasteiger partial charge on any atom is 0.174 e. The highest BCUT2D eigenvalue weighted by Gasteiger charge is 2.17. The number of rotatable bonds is 4. The number of nitrogens with two attached hydrogens (primary N) is 1. The minimum atomic E-state index is 0.0181. The summed E-state index contributed by atoms with van der Waals surface area (Å²) < 4.78 is 0.972. The Morgan fingerprint density at radius 1 is 1.29 bits per heavy atom. The Morgan fingerprint density at radius 3 is 2.59 bits per heavy atom. The van der Waals surface area contributed by atoms with Gasteiger partial charge in [0.15, 0.2) is 4.34 Å². The molecule has 17 heavy (non-hydrogen) atoms. The lowest BCUT2D eigenvalue weighted by atomic mass is 10.0. The van der Waals surface area contributed by atoms with Gasteiger partial charge in [0.05, 0.1) is 0 Å². The summed E-state index contributed by atoms with van der Waals surface area (Å²) in [6.07, 6.45) is 0. The summed E-state index contributed by atoms with van der Waals surface area (Å²) in [7, 11) is 0. The minimum absolute atomic E-state index is 0.0181. The molecule has 0 aliphatic heterocycles. The summed E-state index contributed by atoms with van der Waals surface area (Å²) in [4.78, 5) is 0. The number of hydrogen-bond donors (Lipinski definition) is 1. The van der Waals surface area contributed by atoms with E-state index in [9.17, 15) is 0 Å². The van der Waals surface area contributed by atoms with Crippen LogP contribution in [0.15, 0.2) is 34.1 Å². The van der Waals surface area contributed by atoms with E-state index in [-0.39, 0.29) is 11.3 Å². The molecule has 5 heteroatoms. The maximum absolute atomic E-state index is 6.24. The van der Waals surface area contributed by atoms with Crippen molar-refractivity contribution in [2.75, 3.05) is 0 Å². The second-order valence-corrected chi connectivity index (χ2v) is 6.42. The summed E-state index contributed by atoms with van der Waals surface area (Å²) in [6, 6.07) is 8.40. The molecule has 3 nitrogen and oxygen atoms in total. The molecule has 1 heterocycles. The van der Waals surface area contributed by atoms with Crippen molar-refractivity contribution in [1.82, 2.24) is 10.2 Å². The third-order valence-corrected chi connectivity index (χ3v) is 4.60. The third kappa shape index (κ3) is 3.28. The van der Waals surface area contributed by atoms with Crippen LogP contribution in [-0.4, -0.2) is 15.4 Å². The fourth-order valence-electron chi connectivity index (χ4n) is 1.51. The van der Waals surface area contributed by atoms with E-state index < -0.39 is 0 Å². The van der Waals surface area contributed by atoms with Crippen molar-refractivity contribution in [2.45, 2.75) is 29.5 Å². The van der Waals surface area contributed by atoms with Crippen LogP contribution >= 0.6 is 23.1 Å². The Kier molecular flexibility index (Phi) is 4.15. The van der Waals surface area contributed by atoms with E-state index in [0.717, 1.165) is 4.34 Å². The first-order valence-electron chi connectivity index (χ1n) is 5.42. The van der Waals surface area contributed by atoms with Crippen LogP contribution in [0, 0.1) is 6.92 Å². The molecule has 0 saturated heterocycles. The summed E-state index contributed by atoms with van der Waals surface area (Å²) in [5, 5.41) is 8.13. The van der Waals surface area contributed by atoms with Crippen molar-refractivity contribution in [1.29, 1.82) is 0 Å². The molecule has 0 radical (unpaired) electrons. The number of aryl methyl sites for hydroxylation is 1. The SMILES string of the molecule is Cc1ccc(C(N)C(C)Sc2nncs2)cc1. The van der Waals surface area contributed by atoms with Crippen LogP contribution in [0.1, 0.15) is 24.1 Å². The van der Waals surface area contributed by atoms with Gasteiger partial charge in [-0.2, -0.15) is 0 Å². The van der Waals surface area contributed by atoms with Crippen molar-refractivity contribution in [2.24, 2.45) is 5.73 Å². The first-order chi connectivity index (χ1) is 8.16. The lowest BCUT2D eigenvalue weighted by Gasteiger charge is -2.18. The summed E-state index contributed by atoms with van der Waals surface area (Å²) in [5.41, 5.74) is 10.4. The zero-order chi connectivity index (χ0) is 12.3. The number of benzene rings is 1. The molecule has 0 aliphatic rings. The molecule has 0 spiro atoms. The van der Waals surface area contributed by atoms with Gasteiger partial charge in [0.2, 0.25) is 0 Å². The molecular weight excluding hydrogens is 250 g/mol. The van der Waals surface area contributed by atoms with E-state index in [1.165, 1.54) is 11.1 Å². The summed E-state index contributed by atoms with van der Waals surface area (Å²) >= 11 is 3.23. The smallest absolute Gasteiger partial charge is 0.174 e. The van der Waals surface area contributed by atoms with Gasteiger partial charge in [0, 0.05) is 11.3 Å². The van der Waals surface area contributed by atoms with E-state index in [0.29, 0.717) is 0 Å². The molecular formula is C12H15N3S2. The average molecular weight is 265 g/mol. The average Bonchev–Trinajstić information content (AvgIpc) is 2.82. The molecule has 2 N–H and O–H groups in total. The molecule has 2 unspecified atom stereocenters. The number of thioether (sulfide) groups is 1. The van der Waals surface area contributed by atoms with Crippen LogP contribution in [-0.2, 0) is 0 Å². The van der Waals surface area contributed by atoms with Gasteiger partial charge in [-0.25, -0.2) is 0 Å². The van der Waals surface area contributed by atoms with Gasteiger partial charge in [0.25, 0.3) is 0 Å². The van der Waals surface area contributed by atoms with Crippen LogP contribution in [0.2, 0.25) is 0 Å². The first kappa shape index (κ1) is 12.5. The molecule has 0 saturated carbocycles. The van der Waals surface area contributed by atoms with E-state index in [1.807, 2.05) is 0 Å². The Hall–Kier alpha value is -0.910. The maximum atomic E-state index is 6.24. The zero-order valence-corrected chi connectivity index (χ0v) is 11.5. The fourth-order valence-corrected chi connectivity index (χ4v) is 3.31. The van der Waals surface area contributed by atoms with Crippen molar-refractivity contribution < 1.29 is 0 Å². The Morgan fingerprint density at radius 2 is 2.00 bits per heavy atom. The molecule has 1 aromatic carbocycles. The fraction of sp³-hybridized carbons (Fsp3) is 0.333. The van der Waals surface area contributed by atoms with Gasteiger partial charge >= 0.3 is 0 Å². The molecule has 2 aromatic rings. The number of nitrogens with zero attached hydrogens (tertiary/aromatic N) is 2. The lowest BCUT2D eigenvalue weighted by Crippen LogP contribution is -2.20. The largest absolute Gasteiger partial charge is 0.323 e. The lowest BCUT2D eigenvalue weighted by molar-refractivity contribution is 0.714. The molecule has 2 rings (SSSR count). The van der Waals surface area contributed by atoms with E-state index >= 15 is 0 Å². The third-order valence-electron chi connectivity index (χ3n) is 2.59. The molecule has 0 fully saturated rings. The normalized spacial score (nSPS) is 14.5. The van der Waals surface area contributed by atoms with Crippen molar-refractivity contribution in [3.8, 4) is 0 Å². The van der Waals surface area contributed by atoms with Gasteiger partial charge in [0.1, 0.15) is 5.51 Å². The van der Waals surface area contributed by atoms with E-state index in [2.05, 4.69) is 48.3 Å². The van der Waals surface area contributed by atoms with Gasteiger partial charge in [-0.3, -0.25) is 0 Å². The predicted octanol–water partition coefficient (Wildman–Crippen LogP) is 3.03. The van der Waals surface area contributed by atoms with Gasteiger partial charge in [-0.05, 0) is 12.5 Å². The van der Waals surface area contributed by atoms with Gasteiger partial charge in [-0.1, -0.05) is 59.9 Å². The molecule has 0 bridgehead atoms. The van der Waals surface area contributed by atoms with Crippen LogP contribution in [0.3, 0.4) is 0 Å². The molecule has 2 atom stereocenters. The Bertz CT molecular complexity index is 453. The second kappa shape index (κ2) is 5.62. The van der Waals surface area contributed by atoms with Crippen LogP contribution < -0.4 is 5.73 Å². The molecule has 0 aliphatic carbocycles. The van der Waals surface area contributed by atoms with E-state index in [4.69, 9.17) is 5.73 Å². The molecule has 1 aromatic heterocycles. The summed E-state index contributed by atoms with van der Waals surface area (Å²) in [5.74, 6) is 0. The highest BCUT2D eigenvalue weighted by atomic mass is 32.2. The number of hydrogen-bond acceptors (Lipinski definition) is 5. The van der Waals surface area contributed by atoms with Crippen molar-refractivity contribution in [3.05, 3.63) is 40.9 Å². The van der Waals surface area contributed by atoms with Gasteiger partial charge < -0.3 is 5.73 Å². The first-order valence-corrected chi connectivity index (χ1v) is 7.17. The quantitative estimate of drug-likeness (QED) is 0.863. The van der Waals surface area contributed by atoms with Crippen molar-refractivity contribution in [3.63, 3.8) is 0 Å². The minimum Gasteiger partial charge on any atom is -0.323 e. The Balaban J connectivity index is 2.04. The monoisotopic (exact) mass is 265 g/mol. The topological polar surface area (TPSA) is 51.8 Å².